The first-order valence-electron chi connectivity index (χ1n) is 9.11. The van der Waals surface area contributed by atoms with E-state index in [9.17, 15) is 9.59 Å². The number of benzene rings is 2. The van der Waals surface area contributed by atoms with Crippen LogP contribution in [0.3, 0.4) is 0 Å². The Bertz CT molecular complexity index is 1040. The number of carbonyl (C=O) groups excluding carboxylic acids is 2. The molecule has 3 aromatic rings. The van der Waals surface area contributed by atoms with Gasteiger partial charge in [0.05, 0.1) is 36.1 Å². The quantitative estimate of drug-likeness (QED) is 0.542. The number of thioether (sulfide) groups is 1. The van der Waals surface area contributed by atoms with Gasteiger partial charge in [-0.25, -0.2) is 0 Å². The van der Waals surface area contributed by atoms with E-state index in [4.69, 9.17) is 9.15 Å². The molecule has 4 rings (SSSR count). The average Bonchev–Trinajstić information content (AvgIpc) is 3.35. The van der Waals surface area contributed by atoms with E-state index in [1.54, 1.807) is 43.7 Å². The Labute approximate surface area is 173 Å². The second-order valence-electron chi connectivity index (χ2n) is 6.48. The van der Waals surface area contributed by atoms with Gasteiger partial charge in [-0.2, -0.15) is 0 Å². The monoisotopic (exact) mass is 405 g/mol. The van der Waals surface area contributed by atoms with Gasteiger partial charge in [0.2, 0.25) is 0 Å². The van der Waals surface area contributed by atoms with E-state index >= 15 is 0 Å². The summed E-state index contributed by atoms with van der Waals surface area (Å²) in [6, 6.07) is 20.3. The van der Waals surface area contributed by atoms with Crippen LogP contribution in [0.1, 0.15) is 16.9 Å². The van der Waals surface area contributed by atoms with Gasteiger partial charge < -0.3 is 9.15 Å². The molecule has 0 aliphatic carbocycles. The van der Waals surface area contributed by atoms with Crippen molar-refractivity contribution in [3.05, 3.63) is 94.8 Å². The van der Waals surface area contributed by atoms with Gasteiger partial charge in [0.15, 0.2) is 0 Å². The molecule has 0 atom stereocenters. The predicted molar refractivity (Wildman–Crippen MR) is 112 cm³/mol. The van der Waals surface area contributed by atoms with E-state index in [2.05, 4.69) is 0 Å². The first-order valence-corrected chi connectivity index (χ1v) is 10.1. The van der Waals surface area contributed by atoms with Crippen molar-refractivity contribution in [1.29, 1.82) is 0 Å². The van der Waals surface area contributed by atoms with Crippen LogP contribution in [-0.2, 0) is 21.9 Å². The van der Waals surface area contributed by atoms with Crippen molar-refractivity contribution in [1.82, 2.24) is 4.90 Å². The summed E-state index contributed by atoms with van der Waals surface area (Å²) < 4.78 is 10.6. The van der Waals surface area contributed by atoms with Gasteiger partial charge in [-0.3, -0.25) is 14.5 Å². The number of amides is 2. The maximum Gasteiger partial charge on any atom is 0.268 e. The Morgan fingerprint density at radius 1 is 0.931 bits per heavy atom. The standard InChI is InChI=1S/C23H19NO4S/c1-27-18-11-9-17(10-12-18)20-21(29-15-19-8-5-13-28-19)23(26)24(22(20)25)14-16-6-3-2-4-7-16/h2-13H,14-15H2,1H3. The summed E-state index contributed by atoms with van der Waals surface area (Å²) in [5, 5.41) is 0. The normalized spacial score (nSPS) is 14.0. The summed E-state index contributed by atoms with van der Waals surface area (Å²) in [5.74, 6) is 1.35. The molecule has 6 heteroatoms. The molecular formula is C23H19NO4S. The zero-order valence-electron chi connectivity index (χ0n) is 15.8. The summed E-state index contributed by atoms with van der Waals surface area (Å²) in [5.41, 5.74) is 2.02. The van der Waals surface area contributed by atoms with Gasteiger partial charge in [-0.1, -0.05) is 42.5 Å². The van der Waals surface area contributed by atoms with Crippen LogP contribution in [-0.4, -0.2) is 23.8 Å². The highest BCUT2D eigenvalue weighted by molar-refractivity contribution is 8.03. The van der Waals surface area contributed by atoms with Crippen LogP contribution in [0.25, 0.3) is 5.57 Å². The number of imide groups is 1. The number of nitrogens with zero attached hydrogens (tertiary/aromatic N) is 1. The van der Waals surface area contributed by atoms with E-state index in [1.807, 2.05) is 36.4 Å². The lowest BCUT2D eigenvalue weighted by atomic mass is 10.1. The molecule has 2 amide bonds. The van der Waals surface area contributed by atoms with Crippen molar-refractivity contribution in [2.45, 2.75) is 12.3 Å². The van der Waals surface area contributed by atoms with E-state index in [0.29, 0.717) is 27.5 Å². The van der Waals surface area contributed by atoms with Crippen LogP contribution < -0.4 is 4.74 Å². The first kappa shape index (κ1) is 19.1. The summed E-state index contributed by atoms with van der Waals surface area (Å²) in [6.45, 7) is 0.239. The maximum atomic E-state index is 13.2. The Hall–Kier alpha value is -3.25. The third-order valence-corrected chi connectivity index (χ3v) is 5.72. The largest absolute Gasteiger partial charge is 0.497 e. The van der Waals surface area contributed by atoms with Gasteiger partial charge in [-0.15, -0.1) is 11.8 Å². The Kier molecular flexibility index (Phi) is 5.53. The number of furan rings is 1. The molecule has 0 fully saturated rings. The van der Waals surface area contributed by atoms with E-state index in [-0.39, 0.29) is 18.4 Å². The number of ether oxygens (including phenoxy) is 1. The van der Waals surface area contributed by atoms with Crippen LogP contribution in [0, 0.1) is 0 Å². The minimum Gasteiger partial charge on any atom is -0.497 e. The SMILES string of the molecule is COc1ccc(C2=C(SCc3ccco3)C(=O)N(Cc3ccccc3)C2=O)cc1. The summed E-state index contributed by atoms with van der Waals surface area (Å²) in [7, 11) is 1.59. The van der Waals surface area contributed by atoms with E-state index in [1.165, 1.54) is 16.7 Å². The minimum absolute atomic E-state index is 0.239. The summed E-state index contributed by atoms with van der Waals surface area (Å²) in [6.07, 6.45) is 1.60. The lowest BCUT2D eigenvalue weighted by Gasteiger charge is -2.15. The molecule has 0 unspecified atom stereocenters. The predicted octanol–water partition coefficient (Wildman–Crippen LogP) is 4.50. The number of hydrogen-bond donors (Lipinski definition) is 0. The smallest absolute Gasteiger partial charge is 0.268 e. The Morgan fingerprint density at radius 2 is 1.69 bits per heavy atom. The molecule has 0 spiro atoms. The number of carbonyl (C=O) groups is 2. The lowest BCUT2D eigenvalue weighted by Crippen LogP contribution is -2.30. The molecule has 1 aromatic heterocycles. The molecule has 1 aliphatic heterocycles. The highest BCUT2D eigenvalue weighted by Gasteiger charge is 2.39. The molecule has 1 aliphatic rings. The second kappa shape index (κ2) is 8.41. The first-order chi connectivity index (χ1) is 14.2. The lowest BCUT2D eigenvalue weighted by molar-refractivity contribution is -0.137. The van der Waals surface area contributed by atoms with Gasteiger partial charge in [0.25, 0.3) is 11.8 Å². The number of methoxy groups -OCH3 is 1. The van der Waals surface area contributed by atoms with Crippen molar-refractivity contribution in [3.8, 4) is 5.75 Å². The van der Waals surface area contributed by atoms with Crippen molar-refractivity contribution in [2.75, 3.05) is 7.11 Å². The fraction of sp³-hybridized carbons (Fsp3) is 0.130. The fourth-order valence-electron chi connectivity index (χ4n) is 3.15. The molecule has 5 nitrogen and oxygen atoms in total. The van der Waals surface area contributed by atoms with E-state index in [0.717, 1.165) is 11.3 Å². The fourth-order valence-corrected chi connectivity index (χ4v) is 4.18. The summed E-state index contributed by atoms with van der Waals surface area (Å²) >= 11 is 1.32. The maximum absolute atomic E-state index is 13.2. The second-order valence-corrected chi connectivity index (χ2v) is 7.47. The highest BCUT2D eigenvalue weighted by atomic mass is 32.2. The number of rotatable bonds is 7. The van der Waals surface area contributed by atoms with Crippen LogP contribution >= 0.6 is 11.8 Å². The van der Waals surface area contributed by atoms with E-state index < -0.39 is 0 Å². The van der Waals surface area contributed by atoms with Gasteiger partial charge in [0.1, 0.15) is 11.5 Å². The molecule has 0 bridgehead atoms. The van der Waals surface area contributed by atoms with Crippen LogP contribution in [0.5, 0.6) is 5.75 Å². The van der Waals surface area contributed by atoms with Crippen LogP contribution in [0.4, 0.5) is 0 Å². The summed E-state index contributed by atoms with van der Waals surface area (Å²) in [4.78, 5) is 28.1. The zero-order valence-corrected chi connectivity index (χ0v) is 16.6. The van der Waals surface area contributed by atoms with Crippen molar-refractivity contribution < 1.29 is 18.7 Å². The molecule has 29 heavy (non-hydrogen) atoms. The molecule has 146 valence electrons. The van der Waals surface area contributed by atoms with Crippen LogP contribution in [0.2, 0.25) is 0 Å². The van der Waals surface area contributed by atoms with Crippen LogP contribution in [0.15, 0.2) is 82.3 Å². The highest BCUT2D eigenvalue weighted by Crippen LogP contribution is 2.38. The third kappa shape index (κ3) is 3.98. The molecule has 0 N–H and O–H groups in total. The van der Waals surface area contributed by atoms with Gasteiger partial charge >= 0.3 is 0 Å². The Balaban J connectivity index is 1.67. The minimum atomic E-state index is -0.286. The van der Waals surface area contributed by atoms with Crippen molar-refractivity contribution in [2.24, 2.45) is 0 Å². The molecule has 0 radical (unpaired) electrons. The average molecular weight is 405 g/mol. The molecule has 2 aromatic carbocycles. The molecule has 0 saturated carbocycles. The van der Waals surface area contributed by atoms with Crippen molar-refractivity contribution in [3.63, 3.8) is 0 Å². The zero-order chi connectivity index (χ0) is 20.2. The van der Waals surface area contributed by atoms with Gasteiger partial charge in [0, 0.05) is 0 Å². The topological polar surface area (TPSA) is 59.8 Å². The third-order valence-electron chi connectivity index (χ3n) is 4.63. The Morgan fingerprint density at radius 3 is 2.34 bits per heavy atom. The molecular weight excluding hydrogens is 386 g/mol. The molecule has 2 heterocycles. The molecule has 0 saturated heterocycles. The number of hydrogen-bond acceptors (Lipinski definition) is 5. The van der Waals surface area contributed by atoms with Gasteiger partial charge in [-0.05, 0) is 35.4 Å². The van der Waals surface area contributed by atoms with Crippen molar-refractivity contribution >= 4 is 29.1 Å².